The SMILES string of the molecule is Cc1cc(CNC(=O)C(c2ccc(CN3CC(C)(c4ccccc4)CCC3=O)cc2)C2CCCC2)ccc1C(=O)O. The quantitative estimate of drug-likeness (QED) is 0.323. The Morgan fingerprint density at radius 3 is 2.34 bits per heavy atom. The van der Waals surface area contributed by atoms with Crippen LogP contribution in [-0.2, 0) is 28.1 Å². The lowest BCUT2D eigenvalue weighted by Crippen LogP contribution is -2.47. The Morgan fingerprint density at radius 1 is 1.00 bits per heavy atom. The van der Waals surface area contributed by atoms with Crippen LogP contribution in [0.15, 0.2) is 72.8 Å². The zero-order valence-corrected chi connectivity index (χ0v) is 24.1. The second-order valence-electron chi connectivity index (χ2n) is 12.1. The molecule has 2 N–H and O–H groups in total. The first-order chi connectivity index (χ1) is 19.7. The third-order valence-corrected chi connectivity index (χ3v) is 9.11. The van der Waals surface area contributed by atoms with E-state index in [-0.39, 0.29) is 28.7 Å². The number of likely N-dealkylation sites (tertiary alicyclic amines) is 1. The number of carboxylic acid groups (broad SMARTS) is 1. The number of benzene rings is 3. The Balaban J connectivity index is 1.28. The first kappa shape index (κ1) is 28.6. The van der Waals surface area contributed by atoms with E-state index >= 15 is 0 Å². The highest BCUT2D eigenvalue weighted by Gasteiger charge is 2.36. The molecule has 3 aromatic rings. The van der Waals surface area contributed by atoms with Crippen LogP contribution >= 0.6 is 0 Å². The number of piperidine rings is 1. The van der Waals surface area contributed by atoms with Crippen LogP contribution in [0.2, 0.25) is 0 Å². The van der Waals surface area contributed by atoms with Crippen LogP contribution in [0.25, 0.3) is 0 Å². The molecule has 1 saturated carbocycles. The van der Waals surface area contributed by atoms with Crippen LogP contribution in [0.4, 0.5) is 0 Å². The monoisotopic (exact) mass is 552 g/mol. The van der Waals surface area contributed by atoms with Crippen molar-refractivity contribution in [2.45, 2.75) is 76.8 Å². The second-order valence-corrected chi connectivity index (χ2v) is 12.1. The Labute approximate surface area is 242 Å². The number of carboxylic acids is 1. The highest BCUT2D eigenvalue weighted by Crippen LogP contribution is 2.38. The molecule has 2 aliphatic rings. The Hall–Kier alpha value is -3.93. The van der Waals surface area contributed by atoms with Crippen molar-refractivity contribution in [1.82, 2.24) is 10.2 Å². The maximum atomic E-state index is 13.6. The van der Waals surface area contributed by atoms with Crippen molar-refractivity contribution in [2.24, 2.45) is 5.92 Å². The summed E-state index contributed by atoms with van der Waals surface area (Å²) in [6.45, 7) is 5.64. The van der Waals surface area contributed by atoms with Crippen molar-refractivity contribution in [1.29, 1.82) is 0 Å². The summed E-state index contributed by atoms with van der Waals surface area (Å²) in [5.74, 6) is -0.680. The number of nitrogens with one attached hydrogen (secondary N) is 1. The molecule has 214 valence electrons. The fraction of sp³-hybridized carbons (Fsp3) is 0.400. The van der Waals surface area contributed by atoms with Crippen LogP contribution in [0, 0.1) is 12.8 Å². The summed E-state index contributed by atoms with van der Waals surface area (Å²) in [4.78, 5) is 39.7. The molecule has 6 heteroatoms. The maximum Gasteiger partial charge on any atom is 0.335 e. The van der Waals surface area contributed by atoms with E-state index in [4.69, 9.17) is 0 Å². The summed E-state index contributed by atoms with van der Waals surface area (Å²) >= 11 is 0. The first-order valence-electron chi connectivity index (χ1n) is 14.8. The van der Waals surface area contributed by atoms with E-state index in [1.165, 1.54) is 5.56 Å². The average Bonchev–Trinajstić information content (AvgIpc) is 3.50. The standard InChI is InChI=1S/C35H40N2O4/c1-24-20-26(14-17-30(24)34(40)41)21-36-33(39)32(27-8-6-7-9-27)28-15-12-25(13-16-28)22-37-23-35(2,19-18-31(37)38)29-10-4-3-5-11-29/h3-5,10-17,20,27,32H,6-9,18-19,21-23H2,1-2H3,(H,36,39)(H,40,41). The first-order valence-corrected chi connectivity index (χ1v) is 14.8. The predicted molar refractivity (Wildman–Crippen MR) is 160 cm³/mol. The minimum absolute atomic E-state index is 0.00875. The number of amides is 2. The van der Waals surface area contributed by atoms with E-state index in [9.17, 15) is 19.5 Å². The van der Waals surface area contributed by atoms with Crippen LogP contribution < -0.4 is 5.32 Å². The van der Waals surface area contributed by atoms with Gasteiger partial charge in [0, 0.05) is 31.5 Å². The molecule has 0 aromatic heterocycles. The molecule has 1 aliphatic heterocycles. The summed E-state index contributed by atoms with van der Waals surface area (Å²) in [6, 6.07) is 23.9. The average molecular weight is 553 g/mol. The van der Waals surface area contributed by atoms with Crippen LogP contribution in [-0.4, -0.2) is 34.3 Å². The molecule has 0 bridgehead atoms. The molecule has 1 saturated heterocycles. The van der Waals surface area contributed by atoms with Gasteiger partial charge in [-0.2, -0.15) is 0 Å². The fourth-order valence-electron chi connectivity index (χ4n) is 6.70. The molecule has 5 rings (SSSR count). The molecular weight excluding hydrogens is 512 g/mol. The molecule has 1 aliphatic carbocycles. The van der Waals surface area contributed by atoms with Gasteiger partial charge in [0.2, 0.25) is 11.8 Å². The topological polar surface area (TPSA) is 86.7 Å². The predicted octanol–water partition coefficient (Wildman–Crippen LogP) is 6.36. The number of aryl methyl sites for hydroxylation is 1. The minimum atomic E-state index is -0.947. The number of hydrogen-bond donors (Lipinski definition) is 2. The zero-order valence-electron chi connectivity index (χ0n) is 24.1. The molecule has 2 atom stereocenters. The van der Waals surface area contributed by atoms with Gasteiger partial charge in [-0.3, -0.25) is 9.59 Å². The number of nitrogens with zero attached hydrogens (tertiary/aromatic N) is 1. The largest absolute Gasteiger partial charge is 0.478 e. The molecule has 0 radical (unpaired) electrons. The highest BCUT2D eigenvalue weighted by molar-refractivity contribution is 5.89. The third kappa shape index (κ3) is 6.53. The summed E-state index contributed by atoms with van der Waals surface area (Å²) in [7, 11) is 0. The van der Waals surface area contributed by atoms with Gasteiger partial charge in [-0.25, -0.2) is 4.79 Å². The zero-order chi connectivity index (χ0) is 29.0. The minimum Gasteiger partial charge on any atom is -0.478 e. The molecule has 2 unspecified atom stereocenters. The van der Waals surface area contributed by atoms with Crippen molar-refractivity contribution in [3.05, 3.63) is 106 Å². The van der Waals surface area contributed by atoms with Crippen LogP contribution in [0.1, 0.15) is 89.5 Å². The van der Waals surface area contributed by atoms with E-state index in [1.807, 2.05) is 17.0 Å². The summed E-state index contributed by atoms with van der Waals surface area (Å²) < 4.78 is 0. The molecule has 3 aromatic carbocycles. The molecule has 2 fully saturated rings. The lowest BCUT2D eigenvalue weighted by atomic mass is 9.75. The Bertz CT molecular complexity index is 1400. The number of rotatable bonds is 9. The highest BCUT2D eigenvalue weighted by atomic mass is 16.4. The molecular formula is C35H40N2O4. The lowest BCUT2D eigenvalue weighted by Gasteiger charge is -2.41. The van der Waals surface area contributed by atoms with Crippen molar-refractivity contribution < 1.29 is 19.5 Å². The number of aromatic carboxylic acids is 1. The van der Waals surface area contributed by atoms with E-state index in [2.05, 4.69) is 60.8 Å². The van der Waals surface area contributed by atoms with Crippen molar-refractivity contribution in [3.63, 3.8) is 0 Å². The Kier molecular flexibility index (Phi) is 8.57. The number of carbonyl (C=O) groups excluding carboxylic acids is 2. The van der Waals surface area contributed by atoms with E-state index in [0.29, 0.717) is 37.5 Å². The molecule has 6 nitrogen and oxygen atoms in total. The Morgan fingerprint density at radius 2 is 1.68 bits per heavy atom. The van der Waals surface area contributed by atoms with Gasteiger partial charge in [-0.15, -0.1) is 0 Å². The van der Waals surface area contributed by atoms with E-state index < -0.39 is 5.97 Å². The van der Waals surface area contributed by atoms with E-state index in [1.54, 1.807) is 19.1 Å². The fourth-order valence-corrected chi connectivity index (χ4v) is 6.70. The normalized spacial score (nSPS) is 20.1. The van der Waals surface area contributed by atoms with Gasteiger partial charge < -0.3 is 15.3 Å². The summed E-state index contributed by atoms with van der Waals surface area (Å²) in [5, 5.41) is 12.4. The lowest BCUT2D eigenvalue weighted by molar-refractivity contribution is -0.136. The van der Waals surface area contributed by atoms with Crippen molar-refractivity contribution >= 4 is 17.8 Å². The van der Waals surface area contributed by atoms with Gasteiger partial charge in [0.15, 0.2) is 0 Å². The number of hydrogen-bond acceptors (Lipinski definition) is 3. The van der Waals surface area contributed by atoms with Crippen molar-refractivity contribution in [3.8, 4) is 0 Å². The van der Waals surface area contributed by atoms with Gasteiger partial charge in [-0.05, 0) is 66.0 Å². The second kappa shape index (κ2) is 12.3. The van der Waals surface area contributed by atoms with Crippen molar-refractivity contribution in [2.75, 3.05) is 6.54 Å². The summed E-state index contributed by atoms with van der Waals surface area (Å²) in [5.41, 5.74) is 5.13. The van der Waals surface area contributed by atoms with Gasteiger partial charge in [-0.1, -0.05) is 86.5 Å². The molecule has 1 heterocycles. The molecule has 0 spiro atoms. The van der Waals surface area contributed by atoms with Gasteiger partial charge in [0.25, 0.3) is 0 Å². The smallest absolute Gasteiger partial charge is 0.335 e. The molecule has 41 heavy (non-hydrogen) atoms. The van der Waals surface area contributed by atoms with E-state index in [0.717, 1.165) is 48.8 Å². The van der Waals surface area contributed by atoms with Crippen LogP contribution in [0.3, 0.4) is 0 Å². The van der Waals surface area contributed by atoms with Gasteiger partial charge >= 0.3 is 5.97 Å². The van der Waals surface area contributed by atoms with Gasteiger partial charge in [0.05, 0.1) is 11.5 Å². The summed E-state index contributed by atoms with van der Waals surface area (Å²) in [6.07, 6.45) is 5.75. The molecule has 2 amide bonds. The maximum absolute atomic E-state index is 13.6. The van der Waals surface area contributed by atoms with Gasteiger partial charge in [0.1, 0.15) is 0 Å². The third-order valence-electron chi connectivity index (χ3n) is 9.11. The van der Waals surface area contributed by atoms with Crippen LogP contribution in [0.5, 0.6) is 0 Å². The number of carbonyl (C=O) groups is 3.